The van der Waals surface area contributed by atoms with Gasteiger partial charge in [-0.1, -0.05) is 35.9 Å². The first-order chi connectivity index (χ1) is 11.5. The Morgan fingerprint density at radius 2 is 1.75 bits per heavy atom. The second-order valence-electron chi connectivity index (χ2n) is 5.78. The van der Waals surface area contributed by atoms with E-state index in [0.29, 0.717) is 21.9 Å². The van der Waals surface area contributed by atoms with E-state index < -0.39 is 11.6 Å². The molecule has 1 atom stereocenters. The molecule has 2 aromatic carbocycles. The van der Waals surface area contributed by atoms with E-state index in [1.165, 1.54) is 4.90 Å². The molecule has 6 nitrogen and oxygen atoms in total. The van der Waals surface area contributed by atoms with Gasteiger partial charge in [-0.2, -0.15) is 5.43 Å². The van der Waals surface area contributed by atoms with Crippen LogP contribution < -0.4 is 21.1 Å². The number of anilines is 1. The van der Waals surface area contributed by atoms with E-state index in [4.69, 9.17) is 12.2 Å². The van der Waals surface area contributed by atoms with Crippen molar-refractivity contribution >= 4 is 34.8 Å². The summed E-state index contributed by atoms with van der Waals surface area (Å²) in [5.74, 6) is -0.783. The maximum atomic E-state index is 13.2. The number of carbonyl (C=O) groups excluding carboxylic acids is 2. The van der Waals surface area contributed by atoms with Gasteiger partial charge in [-0.05, 0) is 37.3 Å². The van der Waals surface area contributed by atoms with E-state index in [1.54, 1.807) is 36.4 Å². The van der Waals surface area contributed by atoms with Crippen molar-refractivity contribution in [2.75, 3.05) is 4.90 Å². The summed E-state index contributed by atoms with van der Waals surface area (Å²) in [7, 11) is 0. The van der Waals surface area contributed by atoms with Gasteiger partial charge in [0.25, 0.3) is 11.8 Å². The van der Waals surface area contributed by atoms with Crippen molar-refractivity contribution in [1.82, 2.24) is 16.2 Å². The molecular weight excluding hydrogens is 324 g/mol. The number of thiocarbonyl (C=S) groups is 1. The molecule has 0 saturated carbocycles. The number of rotatable bonds is 1. The highest BCUT2D eigenvalue weighted by Crippen LogP contribution is 2.35. The molecule has 2 aromatic rings. The topological polar surface area (TPSA) is 73.5 Å². The number of aryl methyl sites for hydroxylation is 1. The van der Waals surface area contributed by atoms with Gasteiger partial charge in [-0.3, -0.25) is 15.0 Å². The molecule has 2 heterocycles. The predicted molar refractivity (Wildman–Crippen MR) is 93.1 cm³/mol. The summed E-state index contributed by atoms with van der Waals surface area (Å²) in [6.07, 6.45) is 0. The zero-order valence-corrected chi connectivity index (χ0v) is 13.6. The molecule has 1 unspecified atom stereocenters. The van der Waals surface area contributed by atoms with Gasteiger partial charge in [-0.15, -0.1) is 0 Å². The Balaban J connectivity index is 1.92. The lowest BCUT2D eigenvalue weighted by molar-refractivity contribution is -0.125. The van der Waals surface area contributed by atoms with Crippen molar-refractivity contribution in [3.8, 4) is 0 Å². The molecule has 1 saturated heterocycles. The van der Waals surface area contributed by atoms with Crippen LogP contribution in [0.5, 0.6) is 0 Å². The minimum absolute atomic E-state index is 0.302. The fourth-order valence-corrected chi connectivity index (χ4v) is 3.25. The number of imide groups is 1. The van der Waals surface area contributed by atoms with Crippen LogP contribution >= 0.6 is 12.2 Å². The van der Waals surface area contributed by atoms with Gasteiger partial charge < -0.3 is 5.32 Å². The summed E-state index contributed by atoms with van der Waals surface area (Å²) in [5.41, 5.74) is 6.94. The average Bonchev–Trinajstić information content (AvgIpc) is 2.98. The van der Waals surface area contributed by atoms with Crippen molar-refractivity contribution in [1.29, 1.82) is 0 Å². The maximum absolute atomic E-state index is 13.2. The summed E-state index contributed by atoms with van der Waals surface area (Å²) < 4.78 is 0. The van der Waals surface area contributed by atoms with Gasteiger partial charge in [0.2, 0.25) is 5.66 Å². The molecule has 2 amide bonds. The highest BCUT2D eigenvalue weighted by molar-refractivity contribution is 7.80. The molecule has 1 fully saturated rings. The van der Waals surface area contributed by atoms with Gasteiger partial charge in [-0.25, -0.2) is 4.90 Å². The first kappa shape index (κ1) is 14.8. The van der Waals surface area contributed by atoms with Crippen LogP contribution in [0.1, 0.15) is 21.5 Å². The van der Waals surface area contributed by atoms with Gasteiger partial charge in [0, 0.05) is 11.1 Å². The third-order valence-corrected chi connectivity index (χ3v) is 4.45. The SMILES string of the molecule is Cc1ccc(N2C(=O)c3ccccc3C3(NNC(=S)N3)C2=O)cc1. The fourth-order valence-electron chi connectivity index (χ4n) is 3.05. The van der Waals surface area contributed by atoms with Gasteiger partial charge >= 0.3 is 0 Å². The summed E-state index contributed by atoms with van der Waals surface area (Å²) in [4.78, 5) is 27.3. The Bertz CT molecular complexity index is 880. The number of hydrogen-bond acceptors (Lipinski definition) is 4. The number of hydrogen-bond donors (Lipinski definition) is 3. The van der Waals surface area contributed by atoms with Crippen LogP contribution in [0, 0.1) is 6.92 Å². The Morgan fingerprint density at radius 3 is 2.42 bits per heavy atom. The third kappa shape index (κ3) is 1.95. The second kappa shape index (κ2) is 5.12. The lowest BCUT2D eigenvalue weighted by Gasteiger charge is -2.38. The van der Waals surface area contributed by atoms with Crippen molar-refractivity contribution in [2.45, 2.75) is 12.6 Å². The average molecular weight is 338 g/mol. The highest BCUT2D eigenvalue weighted by Gasteiger charge is 2.54. The molecule has 0 radical (unpaired) electrons. The molecule has 1 spiro atoms. The molecule has 24 heavy (non-hydrogen) atoms. The van der Waals surface area contributed by atoms with Gasteiger partial charge in [0.15, 0.2) is 5.11 Å². The number of fused-ring (bicyclic) bond motifs is 2. The largest absolute Gasteiger partial charge is 0.331 e. The van der Waals surface area contributed by atoms with Crippen LogP contribution in [-0.2, 0) is 10.5 Å². The molecule has 2 aliphatic heterocycles. The summed E-state index contributed by atoms with van der Waals surface area (Å²) in [6, 6.07) is 14.2. The molecule has 3 N–H and O–H groups in total. The fraction of sp³-hybridized carbons (Fsp3) is 0.118. The molecule has 120 valence electrons. The summed E-state index contributed by atoms with van der Waals surface area (Å²) >= 11 is 5.12. The van der Waals surface area contributed by atoms with E-state index >= 15 is 0 Å². The minimum atomic E-state index is -1.30. The van der Waals surface area contributed by atoms with Gasteiger partial charge in [0.1, 0.15) is 0 Å². The Labute approximate surface area is 143 Å². The van der Waals surface area contributed by atoms with Crippen molar-refractivity contribution < 1.29 is 9.59 Å². The van der Waals surface area contributed by atoms with Gasteiger partial charge in [0.05, 0.1) is 5.69 Å². The van der Waals surface area contributed by atoms with E-state index in [-0.39, 0.29) is 5.91 Å². The normalized spacial score (nSPS) is 22.4. The molecule has 7 heteroatoms. The zero-order valence-electron chi connectivity index (χ0n) is 12.8. The number of amides is 2. The van der Waals surface area contributed by atoms with Crippen molar-refractivity contribution in [2.24, 2.45) is 0 Å². The van der Waals surface area contributed by atoms with E-state index in [1.807, 2.05) is 19.1 Å². The molecule has 4 rings (SSSR count). The molecular formula is C17H14N4O2S. The molecule has 0 aromatic heterocycles. The quantitative estimate of drug-likeness (QED) is 0.538. The molecule has 2 aliphatic rings. The van der Waals surface area contributed by atoms with Crippen molar-refractivity contribution in [3.05, 3.63) is 65.2 Å². The van der Waals surface area contributed by atoms with Crippen molar-refractivity contribution in [3.63, 3.8) is 0 Å². The third-order valence-electron chi connectivity index (χ3n) is 4.25. The number of benzene rings is 2. The van der Waals surface area contributed by atoms with E-state index in [9.17, 15) is 9.59 Å². The van der Waals surface area contributed by atoms with Crippen LogP contribution in [0.25, 0.3) is 0 Å². The number of nitrogens with one attached hydrogen (secondary N) is 3. The lowest BCUT2D eigenvalue weighted by Crippen LogP contribution is -2.64. The standard InChI is InChI=1S/C17H14N4O2S/c1-10-6-8-11(9-7-10)21-14(22)12-4-2-3-5-13(12)17(15(21)23)18-16(24)19-20-17/h2-9,20H,1H3,(H2,18,19,24). The zero-order chi connectivity index (χ0) is 16.9. The Morgan fingerprint density at radius 1 is 1.04 bits per heavy atom. The predicted octanol–water partition coefficient (Wildman–Crippen LogP) is 1.32. The first-order valence-corrected chi connectivity index (χ1v) is 7.84. The number of carbonyl (C=O) groups is 2. The summed E-state index contributed by atoms with van der Waals surface area (Å²) in [5, 5.41) is 3.27. The van der Waals surface area contributed by atoms with Crippen LogP contribution in [0.15, 0.2) is 48.5 Å². The second-order valence-corrected chi connectivity index (χ2v) is 6.19. The van der Waals surface area contributed by atoms with Crippen LogP contribution in [-0.4, -0.2) is 16.9 Å². The Hall–Kier alpha value is -2.77. The highest BCUT2D eigenvalue weighted by atomic mass is 32.1. The molecule has 0 aliphatic carbocycles. The van der Waals surface area contributed by atoms with Crippen LogP contribution in [0.4, 0.5) is 5.69 Å². The number of hydrazine groups is 1. The monoisotopic (exact) mass is 338 g/mol. The molecule has 0 bridgehead atoms. The Kier molecular flexibility index (Phi) is 3.16. The number of nitrogens with zero attached hydrogens (tertiary/aromatic N) is 1. The summed E-state index contributed by atoms with van der Waals surface area (Å²) in [6.45, 7) is 1.95. The smallest absolute Gasteiger partial charge is 0.281 e. The van der Waals surface area contributed by atoms with Crippen LogP contribution in [0.3, 0.4) is 0 Å². The van der Waals surface area contributed by atoms with E-state index in [0.717, 1.165) is 5.56 Å². The minimum Gasteiger partial charge on any atom is -0.331 e. The van der Waals surface area contributed by atoms with E-state index in [2.05, 4.69) is 16.2 Å². The lowest BCUT2D eigenvalue weighted by atomic mass is 9.88. The first-order valence-electron chi connectivity index (χ1n) is 7.43. The van der Waals surface area contributed by atoms with Crippen LogP contribution in [0.2, 0.25) is 0 Å². The maximum Gasteiger partial charge on any atom is 0.281 e.